The van der Waals surface area contributed by atoms with Gasteiger partial charge < -0.3 is 9.47 Å². The lowest BCUT2D eigenvalue weighted by molar-refractivity contribution is -0.0210. The molecule has 0 saturated heterocycles. The van der Waals surface area contributed by atoms with E-state index in [9.17, 15) is 0 Å². The zero-order chi connectivity index (χ0) is 20.1. The average Bonchev–Trinajstić information content (AvgIpc) is 2.79. The highest BCUT2D eigenvalue weighted by Gasteiger charge is 2.43. The van der Waals surface area contributed by atoms with E-state index in [-0.39, 0.29) is 0 Å². The van der Waals surface area contributed by atoms with Crippen molar-refractivity contribution in [3.05, 3.63) is 112 Å². The van der Waals surface area contributed by atoms with E-state index in [4.69, 9.17) is 9.47 Å². The predicted molar refractivity (Wildman–Crippen MR) is 125 cm³/mol. The molecule has 0 bridgehead atoms. The van der Waals surface area contributed by atoms with E-state index in [0.29, 0.717) is 0 Å². The highest BCUT2D eigenvalue weighted by molar-refractivity contribution is 9.10. The Balaban J connectivity index is 1.54. The molecule has 30 heavy (non-hydrogen) atoms. The van der Waals surface area contributed by atoms with Crippen LogP contribution < -0.4 is 9.47 Å². The van der Waals surface area contributed by atoms with Gasteiger partial charge in [0.25, 0.3) is 5.79 Å². The second-order valence-electron chi connectivity index (χ2n) is 7.51. The molecular formula is C27H17BrO2. The number of rotatable bonds is 1. The summed E-state index contributed by atoms with van der Waals surface area (Å²) in [4.78, 5) is 0. The molecule has 2 nitrogen and oxygen atoms in total. The van der Waals surface area contributed by atoms with Crippen LogP contribution in [0.2, 0.25) is 0 Å². The number of para-hydroxylation sites is 1. The first-order valence-electron chi connectivity index (χ1n) is 9.88. The van der Waals surface area contributed by atoms with Crippen LogP contribution >= 0.6 is 15.9 Å². The maximum absolute atomic E-state index is 6.63. The monoisotopic (exact) mass is 452 g/mol. The van der Waals surface area contributed by atoms with E-state index in [1.807, 2.05) is 48.5 Å². The lowest BCUT2D eigenvalue weighted by atomic mass is 9.89. The van der Waals surface area contributed by atoms with Crippen molar-refractivity contribution in [1.29, 1.82) is 0 Å². The molecule has 0 fully saturated rings. The normalized spacial score (nSPS) is 18.9. The third kappa shape index (κ3) is 2.70. The zero-order valence-corrected chi connectivity index (χ0v) is 17.6. The van der Waals surface area contributed by atoms with Crippen molar-refractivity contribution in [3.63, 3.8) is 0 Å². The maximum Gasteiger partial charge on any atom is 0.299 e. The summed E-state index contributed by atoms with van der Waals surface area (Å²) >= 11 is 3.56. The van der Waals surface area contributed by atoms with Crippen LogP contribution in [0, 0.1) is 0 Å². The van der Waals surface area contributed by atoms with Gasteiger partial charge in [0.15, 0.2) is 0 Å². The van der Waals surface area contributed by atoms with Crippen LogP contribution in [-0.4, -0.2) is 5.79 Å². The molecular weight excluding hydrogens is 436 g/mol. The van der Waals surface area contributed by atoms with E-state index in [2.05, 4.69) is 70.5 Å². The van der Waals surface area contributed by atoms with Crippen LogP contribution in [0.1, 0.15) is 16.7 Å². The molecule has 0 radical (unpaired) electrons. The van der Waals surface area contributed by atoms with Crippen LogP contribution in [0.3, 0.4) is 0 Å². The summed E-state index contributed by atoms with van der Waals surface area (Å²) in [6.07, 6.45) is 6.33. The Morgan fingerprint density at radius 1 is 0.733 bits per heavy atom. The average molecular weight is 453 g/mol. The van der Waals surface area contributed by atoms with Crippen molar-refractivity contribution >= 4 is 44.4 Å². The third-order valence-corrected chi connectivity index (χ3v) is 6.15. The van der Waals surface area contributed by atoms with E-state index in [0.717, 1.165) is 43.6 Å². The minimum Gasteiger partial charge on any atom is -0.444 e. The molecule has 1 unspecified atom stereocenters. The van der Waals surface area contributed by atoms with Gasteiger partial charge in [0, 0.05) is 27.2 Å². The minimum atomic E-state index is -1.01. The summed E-state index contributed by atoms with van der Waals surface area (Å²) < 4.78 is 14.2. The Hall–Kier alpha value is -3.30. The molecule has 3 heteroatoms. The van der Waals surface area contributed by atoms with Crippen molar-refractivity contribution < 1.29 is 9.47 Å². The molecule has 6 rings (SSSR count). The Morgan fingerprint density at radius 2 is 1.53 bits per heavy atom. The standard InChI is InChI=1S/C27H17BrO2/c28-21-11-12-22-19(16-21)10-13-26-23(22)14-15-27(30-26)24(18-6-2-1-3-7-18)17-20-8-4-5-9-25(20)29-27/h1-17H. The van der Waals surface area contributed by atoms with Crippen LogP contribution in [0.4, 0.5) is 0 Å². The van der Waals surface area contributed by atoms with Gasteiger partial charge >= 0.3 is 0 Å². The van der Waals surface area contributed by atoms with E-state index < -0.39 is 5.79 Å². The first-order valence-corrected chi connectivity index (χ1v) is 10.7. The number of ether oxygens (including phenoxy) is 2. The number of benzene rings is 4. The Kier molecular flexibility index (Phi) is 3.87. The van der Waals surface area contributed by atoms with Gasteiger partial charge in [-0.3, -0.25) is 0 Å². The smallest absolute Gasteiger partial charge is 0.299 e. The molecule has 0 aromatic heterocycles. The molecule has 2 aliphatic rings. The fraction of sp³-hybridized carbons (Fsp3) is 0.0370. The first kappa shape index (κ1) is 17.5. The molecule has 0 N–H and O–H groups in total. The number of halogens is 1. The first-order chi connectivity index (χ1) is 14.7. The topological polar surface area (TPSA) is 18.5 Å². The van der Waals surface area contributed by atoms with Gasteiger partial charge in [0.1, 0.15) is 11.5 Å². The molecule has 4 aromatic rings. The summed E-state index contributed by atoms with van der Waals surface area (Å²) in [6, 6.07) is 28.8. The highest BCUT2D eigenvalue weighted by Crippen LogP contribution is 2.46. The fourth-order valence-electron chi connectivity index (χ4n) is 4.23. The Morgan fingerprint density at radius 3 is 2.43 bits per heavy atom. The number of fused-ring (bicyclic) bond motifs is 4. The summed E-state index contributed by atoms with van der Waals surface area (Å²) in [5.41, 5.74) is 4.18. The quantitative estimate of drug-likeness (QED) is 0.300. The second kappa shape index (κ2) is 6.61. The van der Waals surface area contributed by atoms with Gasteiger partial charge in [-0.1, -0.05) is 76.6 Å². The highest BCUT2D eigenvalue weighted by atomic mass is 79.9. The van der Waals surface area contributed by atoms with Crippen LogP contribution in [0.25, 0.3) is 28.5 Å². The van der Waals surface area contributed by atoms with Gasteiger partial charge in [0.2, 0.25) is 0 Å². The van der Waals surface area contributed by atoms with E-state index in [1.165, 1.54) is 5.39 Å². The van der Waals surface area contributed by atoms with Gasteiger partial charge in [-0.15, -0.1) is 0 Å². The van der Waals surface area contributed by atoms with Crippen molar-refractivity contribution in [2.75, 3.05) is 0 Å². The lowest BCUT2D eigenvalue weighted by Gasteiger charge is -2.39. The molecule has 4 aromatic carbocycles. The van der Waals surface area contributed by atoms with Crippen LogP contribution in [0.5, 0.6) is 11.5 Å². The van der Waals surface area contributed by atoms with Crippen LogP contribution in [0.15, 0.2) is 95.5 Å². The van der Waals surface area contributed by atoms with Gasteiger partial charge in [-0.2, -0.15) is 0 Å². The second-order valence-corrected chi connectivity index (χ2v) is 8.43. The van der Waals surface area contributed by atoms with Crippen LogP contribution in [-0.2, 0) is 0 Å². The summed E-state index contributed by atoms with van der Waals surface area (Å²) in [7, 11) is 0. The molecule has 0 amide bonds. The van der Waals surface area contributed by atoms with Crippen molar-refractivity contribution in [1.82, 2.24) is 0 Å². The summed E-state index contributed by atoms with van der Waals surface area (Å²) in [5, 5.41) is 2.32. The minimum absolute atomic E-state index is 0.813. The molecule has 2 heterocycles. The largest absolute Gasteiger partial charge is 0.444 e. The third-order valence-electron chi connectivity index (χ3n) is 5.66. The molecule has 0 saturated carbocycles. The van der Waals surface area contributed by atoms with Crippen molar-refractivity contribution in [3.8, 4) is 11.5 Å². The zero-order valence-electron chi connectivity index (χ0n) is 16.0. The number of hydrogen-bond acceptors (Lipinski definition) is 2. The maximum atomic E-state index is 6.63. The Labute approximate surface area is 183 Å². The molecule has 1 spiro atoms. The number of hydrogen-bond donors (Lipinski definition) is 0. The molecule has 0 aliphatic carbocycles. The summed E-state index contributed by atoms with van der Waals surface area (Å²) in [5.74, 6) is 0.620. The lowest BCUT2D eigenvalue weighted by Crippen LogP contribution is -2.44. The van der Waals surface area contributed by atoms with E-state index in [1.54, 1.807) is 0 Å². The van der Waals surface area contributed by atoms with Gasteiger partial charge in [-0.05, 0) is 52.8 Å². The molecule has 144 valence electrons. The molecule has 1 atom stereocenters. The van der Waals surface area contributed by atoms with Gasteiger partial charge in [0.05, 0.1) is 0 Å². The van der Waals surface area contributed by atoms with E-state index >= 15 is 0 Å². The fourth-order valence-corrected chi connectivity index (χ4v) is 4.60. The van der Waals surface area contributed by atoms with Crippen molar-refractivity contribution in [2.45, 2.75) is 5.79 Å². The van der Waals surface area contributed by atoms with Gasteiger partial charge in [-0.25, -0.2) is 0 Å². The predicted octanol–water partition coefficient (Wildman–Crippen LogP) is 7.34. The molecule has 2 aliphatic heterocycles. The SMILES string of the molecule is Brc1ccc2c3c(ccc2c1)OC1(C=C3)Oc2ccccc2C=C1c1ccccc1. The summed E-state index contributed by atoms with van der Waals surface area (Å²) in [6.45, 7) is 0. The Bertz CT molecular complexity index is 1350. The van der Waals surface area contributed by atoms with Crippen molar-refractivity contribution in [2.24, 2.45) is 0 Å².